The molecule has 1 N–H and O–H groups in total. The third-order valence-electron chi connectivity index (χ3n) is 6.12. The third-order valence-corrected chi connectivity index (χ3v) is 6.12. The normalized spacial score (nSPS) is 20.9. The van der Waals surface area contributed by atoms with Crippen molar-refractivity contribution >= 4 is 5.97 Å². The highest BCUT2D eigenvalue weighted by Crippen LogP contribution is 2.44. The predicted octanol–water partition coefficient (Wildman–Crippen LogP) is 5.30. The van der Waals surface area contributed by atoms with Crippen molar-refractivity contribution in [2.75, 3.05) is 0 Å². The number of ether oxygens (including phenoxy) is 1. The van der Waals surface area contributed by atoms with Gasteiger partial charge in [0.05, 0.1) is 12.2 Å². The van der Waals surface area contributed by atoms with E-state index in [1.165, 1.54) is 5.57 Å². The summed E-state index contributed by atoms with van der Waals surface area (Å²) in [6, 6.07) is 7.02. The Morgan fingerprint density at radius 1 is 1.38 bits per heavy atom. The van der Waals surface area contributed by atoms with Gasteiger partial charge in [0, 0.05) is 5.41 Å². The minimum Gasteiger partial charge on any atom is -0.458 e. The first-order valence-electron chi connectivity index (χ1n) is 9.36. The van der Waals surface area contributed by atoms with Gasteiger partial charge in [0.1, 0.15) is 6.10 Å². The van der Waals surface area contributed by atoms with Gasteiger partial charge in [-0.2, -0.15) is 0 Å². The molecule has 0 fully saturated rings. The lowest BCUT2D eigenvalue weighted by Gasteiger charge is -2.31. The summed E-state index contributed by atoms with van der Waals surface area (Å²) in [6.07, 6.45) is 7.55. The molecule has 0 heterocycles. The van der Waals surface area contributed by atoms with E-state index < -0.39 is 0 Å². The van der Waals surface area contributed by atoms with Crippen molar-refractivity contribution in [2.45, 2.75) is 60.7 Å². The molecule has 26 heavy (non-hydrogen) atoms. The third kappa shape index (κ3) is 4.27. The number of benzene rings is 1. The van der Waals surface area contributed by atoms with E-state index in [0.29, 0.717) is 17.0 Å². The first-order valence-corrected chi connectivity index (χ1v) is 9.36. The molecule has 0 aromatic heterocycles. The SMILES string of the molecule is CC1=CCC(C=CC(C)(C)C(C)OC(=O)c2ccccc2CO)C1(C)C. The van der Waals surface area contributed by atoms with Crippen LogP contribution < -0.4 is 0 Å². The minimum absolute atomic E-state index is 0.173. The van der Waals surface area contributed by atoms with Crippen LogP contribution in [0.2, 0.25) is 0 Å². The monoisotopic (exact) mass is 356 g/mol. The van der Waals surface area contributed by atoms with Crippen molar-refractivity contribution in [2.24, 2.45) is 16.7 Å². The molecule has 3 heteroatoms. The molecule has 0 amide bonds. The van der Waals surface area contributed by atoms with Gasteiger partial charge in [-0.15, -0.1) is 0 Å². The highest BCUT2D eigenvalue weighted by molar-refractivity contribution is 5.91. The molecule has 1 aliphatic carbocycles. The topological polar surface area (TPSA) is 46.5 Å². The second-order valence-corrected chi connectivity index (χ2v) is 8.49. The smallest absolute Gasteiger partial charge is 0.338 e. The van der Waals surface area contributed by atoms with Crippen molar-refractivity contribution in [1.82, 2.24) is 0 Å². The number of esters is 1. The number of hydrogen-bond donors (Lipinski definition) is 1. The first kappa shape index (κ1) is 20.4. The number of aliphatic hydroxyl groups is 1. The fraction of sp³-hybridized carbons (Fsp3) is 0.522. The van der Waals surface area contributed by atoms with E-state index in [1.54, 1.807) is 24.3 Å². The summed E-state index contributed by atoms with van der Waals surface area (Å²) in [5.41, 5.74) is 2.35. The summed E-state index contributed by atoms with van der Waals surface area (Å²) in [4.78, 5) is 12.5. The summed E-state index contributed by atoms with van der Waals surface area (Å²) in [6.45, 7) is 12.7. The maximum atomic E-state index is 12.5. The van der Waals surface area contributed by atoms with Crippen LogP contribution in [0.5, 0.6) is 0 Å². The molecule has 0 spiro atoms. The molecule has 1 aliphatic rings. The second kappa shape index (κ2) is 7.79. The number of rotatable bonds is 6. The minimum atomic E-state index is -0.387. The Labute approximate surface area is 157 Å². The molecule has 0 radical (unpaired) electrons. The van der Waals surface area contributed by atoms with E-state index >= 15 is 0 Å². The molecule has 3 nitrogen and oxygen atoms in total. The van der Waals surface area contributed by atoms with Crippen molar-refractivity contribution in [1.29, 1.82) is 0 Å². The quantitative estimate of drug-likeness (QED) is 0.556. The van der Waals surface area contributed by atoms with Crippen LogP contribution in [0, 0.1) is 16.7 Å². The number of carbonyl (C=O) groups is 1. The maximum absolute atomic E-state index is 12.5. The maximum Gasteiger partial charge on any atom is 0.338 e. The van der Waals surface area contributed by atoms with Crippen LogP contribution in [-0.2, 0) is 11.3 Å². The molecule has 0 saturated heterocycles. The van der Waals surface area contributed by atoms with Crippen LogP contribution >= 0.6 is 0 Å². The fourth-order valence-corrected chi connectivity index (χ4v) is 3.21. The standard InChI is InChI=1S/C23H32O3/c1-16-11-12-19(23(16,5)6)13-14-22(3,4)17(2)26-21(25)20-10-8-7-9-18(20)15-24/h7-11,13-14,17,19,24H,12,15H2,1-6H3. The second-order valence-electron chi connectivity index (χ2n) is 8.49. The Hall–Kier alpha value is -1.87. The molecule has 0 bridgehead atoms. The molecule has 142 valence electrons. The zero-order chi connectivity index (χ0) is 19.5. The number of allylic oxidation sites excluding steroid dienone is 3. The van der Waals surface area contributed by atoms with Gasteiger partial charge in [-0.1, -0.05) is 69.7 Å². The van der Waals surface area contributed by atoms with Gasteiger partial charge in [0.2, 0.25) is 0 Å². The molecule has 1 aromatic rings. The zero-order valence-electron chi connectivity index (χ0n) is 16.9. The lowest BCUT2D eigenvalue weighted by Crippen LogP contribution is -2.30. The van der Waals surface area contributed by atoms with Gasteiger partial charge in [-0.05, 0) is 43.2 Å². The summed E-state index contributed by atoms with van der Waals surface area (Å²) in [7, 11) is 0. The lowest BCUT2D eigenvalue weighted by atomic mass is 9.76. The average molecular weight is 357 g/mol. The molecular weight excluding hydrogens is 324 g/mol. The van der Waals surface area contributed by atoms with Crippen molar-refractivity contribution in [3.8, 4) is 0 Å². The van der Waals surface area contributed by atoms with Crippen molar-refractivity contribution < 1.29 is 14.6 Å². The van der Waals surface area contributed by atoms with Crippen LogP contribution in [0.3, 0.4) is 0 Å². The number of aliphatic hydroxyl groups excluding tert-OH is 1. The molecule has 2 unspecified atom stereocenters. The van der Waals surface area contributed by atoms with Crippen LogP contribution in [0.1, 0.15) is 63.9 Å². The van der Waals surface area contributed by atoms with Gasteiger partial charge in [-0.25, -0.2) is 4.79 Å². The molecule has 0 aliphatic heterocycles. The van der Waals surface area contributed by atoms with Gasteiger partial charge >= 0.3 is 5.97 Å². The van der Waals surface area contributed by atoms with E-state index in [2.05, 4.69) is 52.8 Å². The number of hydrogen-bond acceptors (Lipinski definition) is 3. The van der Waals surface area contributed by atoms with Gasteiger partial charge < -0.3 is 9.84 Å². The Morgan fingerprint density at radius 2 is 2.04 bits per heavy atom. The largest absolute Gasteiger partial charge is 0.458 e. The number of carbonyl (C=O) groups excluding carboxylic acids is 1. The lowest BCUT2D eigenvalue weighted by molar-refractivity contribution is 0.0109. The summed E-state index contributed by atoms with van der Waals surface area (Å²) >= 11 is 0. The summed E-state index contributed by atoms with van der Waals surface area (Å²) < 4.78 is 5.72. The first-order chi connectivity index (χ1) is 12.1. The Morgan fingerprint density at radius 3 is 2.62 bits per heavy atom. The Balaban J connectivity index is 2.07. The zero-order valence-corrected chi connectivity index (χ0v) is 16.9. The molecule has 1 aromatic carbocycles. The van der Waals surface area contributed by atoms with Crippen LogP contribution in [0.25, 0.3) is 0 Å². The van der Waals surface area contributed by atoms with Gasteiger partial charge in [-0.3, -0.25) is 0 Å². The highest BCUT2D eigenvalue weighted by Gasteiger charge is 2.34. The molecular formula is C23H32O3. The van der Waals surface area contributed by atoms with Crippen molar-refractivity contribution in [3.63, 3.8) is 0 Å². The van der Waals surface area contributed by atoms with E-state index in [9.17, 15) is 9.90 Å². The van der Waals surface area contributed by atoms with E-state index in [4.69, 9.17) is 4.74 Å². The van der Waals surface area contributed by atoms with E-state index in [1.807, 2.05) is 6.92 Å². The van der Waals surface area contributed by atoms with Gasteiger partial charge in [0.15, 0.2) is 0 Å². The molecule has 2 atom stereocenters. The predicted molar refractivity (Wildman–Crippen MR) is 106 cm³/mol. The van der Waals surface area contributed by atoms with Crippen LogP contribution in [0.4, 0.5) is 0 Å². The highest BCUT2D eigenvalue weighted by atomic mass is 16.5. The van der Waals surface area contributed by atoms with Crippen LogP contribution in [0.15, 0.2) is 48.1 Å². The molecule has 0 saturated carbocycles. The molecule has 2 rings (SSSR count). The Kier molecular flexibility index (Phi) is 6.13. The fourth-order valence-electron chi connectivity index (χ4n) is 3.21. The summed E-state index contributed by atoms with van der Waals surface area (Å²) in [5.74, 6) is 0.0853. The van der Waals surface area contributed by atoms with Gasteiger partial charge in [0.25, 0.3) is 0 Å². The van der Waals surface area contributed by atoms with Crippen molar-refractivity contribution in [3.05, 3.63) is 59.2 Å². The Bertz CT molecular complexity index is 710. The van der Waals surface area contributed by atoms with Crippen LogP contribution in [-0.4, -0.2) is 17.2 Å². The average Bonchev–Trinajstić information content (AvgIpc) is 2.85. The van der Waals surface area contributed by atoms with E-state index in [-0.39, 0.29) is 29.5 Å². The van der Waals surface area contributed by atoms with E-state index in [0.717, 1.165) is 6.42 Å². The summed E-state index contributed by atoms with van der Waals surface area (Å²) in [5, 5.41) is 9.41.